The minimum atomic E-state index is -0.178. The van der Waals surface area contributed by atoms with Gasteiger partial charge >= 0.3 is 0 Å². The van der Waals surface area contributed by atoms with Gasteiger partial charge in [-0.1, -0.05) is 24.3 Å². The molecule has 0 saturated carbocycles. The van der Waals surface area contributed by atoms with Crippen LogP contribution in [0.5, 0.6) is 0 Å². The molecule has 1 aliphatic rings. The summed E-state index contributed by atoms with van der Waals surface area (Å²) < 4.78 is 5.11. The molecule has 0 bridgehead atoms. The van der Waals surface area contributed by atoms with Crippen molar-refractivity contribution in [1.29, 1.82) is 0 Å². The number of likely N-dealkylation sites (tertiary alicyclic amines) is 1. The SMILES string of the molecule is CCNC(=NCc1cccc(CN2CCCC(C(N)=O)C2)c1)NCCN(C)CCCOC.I. The molecule has 1 aliphatic heterocycles. The number of carbonyl (C=O) groups is 1. The molecular weight excluding hydrogens is 531 g/mol. The molecule has 188 valence electrons. The highest BCUT2D eigenvalue weighted by molar-refractivity contribution is 14.0. The van der Waals surface area contributed by atoms with Gasteiger partial charge in [0.15, 0.2) is 5.96 Å². The Balaban J connectivity index is 0.00000544. The van der Waals surface area contributed by atoms with Crippen LogP contribution in [0.25, 0.3) is 0 Å². The predicted octanol–water partition coefficient (Wildman–Crippen LogP) is 2.03. The molecule has 0 aromatic heterocycles. The van der Waals surface area contributed by atoms with E-state index in [2.05, 4.69) is 58.7 Å². The number of nitrogens with one attached hydrogen (secondary N) is 2. The van der Waals surface area contributed by atoms with Gasteiger partial charge in [0.05, 0.1) is 12.5 Å². The van der Waals surface area contributed by atoms with E-state index < -0.39 is 0 Å². The molecular formula is C24H43IN6O2. The zero-order valence-corrected chi connectivity index (χ0v) is 22.8. The molecule has 1 saturated heterocycles. The number of carbonyl (C=O) groups excluding carboxylic acids is 1. The molecule has 1 amide bonds. The van der Waals surface area contributed by atoms with Crippen LogP contribution in [0.4, 0.5) is 0 Å². The number of hydrogen-bond acceptors (Lipinski definition) is 5. The molecule has 0 radical (unpaired) electrons. The number of ether oxygens (including phenoxy) is 1. The molecule has 8 nitrogen and oxygen atoms in total. The number of halogens is 1. The van der Waals surface area contributed by atoms with E-state index in [0.29, 0.717) is 6.54 Å². The number of hydrogen-bond donors (Lipinski definition) is 3. The molecule has 4 N–H and O–H groups in total. The standard InChI is InChI=1S/C24H42N6O2.HI/c1-4-26-24(27-11-14-29(2)12-7-15-32-3)28-17-20-8-5-9-21(16-20)18-30-13-6-10-22(19-30)23(25)31;/h5,8-9,16,22H,4,6-7,10-15,17-19H2,1-3H3,(H2,25,31)(H2,26,27,28);1H. The minimum Gasteiger partial charge on any atom is -0.385 e. The van der Waals surface area contributed by atoms with Crippen molar-refractivity contribution in [2.75, 3.05) is 60.0 Å². The Hall–Kier alpha value is -1.43. The van der Waals surface area contributed by atoms with Gasteiger partial charge in [-0.2, -0.15) is 0 Å². The third-order valence-corrected chi connectivity index (χ3v) is 5.74. The van der Waals surface area contributed by atoms with Crippen LogP contribution < -0.4 is 16.4 Å². The van der Waals surface area contributed by atoms with Crippen LogP contribution in [0.1, 0.15) is 37.3 Å². The number of aliphatic imine (C=N–C) groups is 1. The van der Waals surface area contributed by atoms with Crippen molar-refractivity contribution < 1.29 is 9.53 Å². The number of amides is 1. The lowest BCUT2D eigenvalue weighted by molar-refractivity contribution is -0.123. The van der Waals surface area contributed by atoms with E-state index in [0.717, 1.165) is 77.6 Å². The summed E-state index contributed by atoms with van der Waals surface area (Å²) in [7, 11) is 3.87. The average molecular weight is 575 g/mol. The number of methoxy groups -OCH3 is 1. The number of guanidine groups is 1. The Morgan fingerprint density at radius 3 is 2.82 bits per heavy atom. The van der Waals surface area contributed by atoms with Crippen molar-refractivity contribution in [2.24, 2.45) is 16.6 Å². The quantitative estimate of drug-likeness (QED) is 0.145. The van der Waals surface area contributed by atoms with Crippen molar-refractivity contribution in [3.63, 3.8) is 0 Å². The summed E-state index contributed by atoms with van der Waals surface area (Å²) in [5.74, 6) is 0.634. The van der Waals surface area contributed by atoms with Crippen molar-refractivity contribution in [3.8, 4) is 0 Å². The van der Waals surface area contributed by atoms with E-state index in [1.54, 1.807) is 7.11 Å². The second kappa shape index (κ2) is 17.1. The monoisotopic (exact) mass is 574 g/mol. The molecule has 33 heavy (non-hydrogen) atoms. The third kappa shape index (κ3) is 12.0. The lowest BCUT2D eigenvalue weighted by Gasteiger charge is -2.31. The van der Waals surface area contributed by atoms with Gasteiger partial charge in [-0.15, -0.1) is 24.0 Å². The van der Waals surface area contributed by atoms with Gasteiger partial charge in [-0.3, -0.25) is 9.69 Å². The van der Waals surface area contributed by atoms with Crippen molar-refractivity contribution >= 4 is 35.8 Å². The van der Waals surface area contributed by atoms with Gasteiger partial charge < -0.3 is 26.0 Å². The van der Waals surface area contributed by atoms with Crippen molar-refractivity contribution in [1.82, 2.24) is 20.4 Å². The van der Waals surface area contributed by atoms with Crippen LogP contribution in [-0.2, 0) is 22.6 Å². The molecule has 0 spiro atoms. The summed E-state index contributed by atoms with van der Waals surface area (Å²) in [6, 6.07) is 8.56. The van der Waals surface area contributed by atoms with Crippen LogP contribution in [0.3, 0.4) is 0 Å². The highest BCUT2D eigenvalue weighted by Gasteiger charge is 2.23. The van der Waals surface area contributed by atoms with E-state index in [9.17, 15) is 4.79 Å². The maximum Gasteiger partial charge on any atom is 0.221 e. The number of rotatable bonds is 13. The largest absolute Gasteiger partial charge is 0.385 e. The fourth-order valence-electron chi connectivity index (χ4n) is 3.98. The Morgan fingerprint density at radius 2 is 2.09 bits per heavy atom. The number of benzene rings is 1. The number of primary amides is 1. The normalized spacial score (nSPS) is 17.0. The Kier molecular flexibility index (Phi) is 15.3. The highest BCUT2D eigenvalue weighted by Crippen LogP contribution is 2.19. The topological polar surface area (TPSA) is 95.2 Å². The van der Waals surface area contributed by atoms with Crippen LogP contribution in [0, 0.1) is 5.92 Å². The van der Waals surface area contributed by atoms with E-state index in [1.165, 1.54) is 11.1 Å². The lowest BCUT2D eigenvalue weighted by atomic mass is 9.97. The van der Waals surface area contributed by atoms with Crippen molar-refractivity contribution in [2.45, 2.75) is 39.3 Å². The van der Waals surface area contributed by atoms with E-state index in [-0.39, 0.29) is 35.8 Å². The second-order valence-electron chi connectivity index (χ2n) is 8.57. The second-order valence-corrected chi connectivity index (χ2v) is 8.57. The zero-order chi connectivity index (χ0) is 23.2. The molecule has 1 atom stereocenters. The first-order valence-electron chi connectivity index (χ1n) is 11.8. The molecule has 1 fully saturated rings. The predicted molar refractivity (Wildman–Crippen MR) is 146 cm³/mol. The first-order valence-corrected chi connectivity index (χ1v) is 11.8. The summed E-state index contributed by atoms with van der Waals surface area (Å²) in [6.45, 7) is 9.74. The fourth-order valence-corrected chi connectivity index (χ4v) is 3.98. The smallest absolute Gasteiger partial charge is 0.221 e. The average Bonchev–Trinajstić information content (AvgIpc) is 2.78. The molecule has 1 aromatic carbocycles. The summed E-state index contributed by atoms with van der Waals surface area (Å²) in [5, 5.41) is 6.74. The number of piperidine rings is 1. The van der Waals surface area contributed by atoms with Gasteiger partial charge in [0.2, 0.25) is 5.91 Å². The number of nitrogens with two attached hydrogens (primary N) is 1. The summed E-state index contributed by atoms with van der Waals surface area (Å²) >= 11 is 0. The fraction of sp³-hybridized carbons (Fsp3) is 0.667. The Labute approximate surface area is 216 Å². The van der Waals surface area contributed by atoms with Crippen LogP contribution in [0.2, 0.25) is 0 Å². The van der Waals surface area contributed by atoms with Crippen molar-refractivity contribution in [3.05, 3.63) is 35.4 Å². The molecule has 1 aromatic rings. The van der Waals surface area contributed by atoms with Gasteiger partial charge in [-0.25, -0.2) is 4.99 Å². The molecule has 1 heterocycles. The first-order chi connectivity index (χ1) is 15.5. The number of likely N-dealkylation sites (N-methyl/N-ethyl adjacent to an activating group) is 1. The Morgan fingerprint density at radius 1 is 1.30 bits per heavy atom. The van der Waals surface area contributed by atoms with Gasteiger partial charge in [-0.05, 0) is 50.9 Å². The van der Waals surface area contributed by atoms with Crippen LogP contribution >= 0.6 is 24.0 Å². The van der Waals surface area contributed by atoms with Crippen LogP contribution in [-0.4, -0.2) is 81.7 Å². The Bertz CT molecular complexity index is 718. The molecule has 2 rings (SSSR count). The van der Waals surface area contributed by atoms with Gasteiger partial charge in [0.1, 0.15) is 0 Å². The summed E-state index contributed by atoms with van der Waals surface area (Å²) in [6.07, 6.45) is 2.97. The highest BCUT2D eigenvalue weighted by atomic mass is 127. The number of nitrogens with zero attached hydrogens (tertiary/aromatic N) is 3. The van der Waals surface area contributed by atoms with E-state index in [4.69, 9.17) is 15.5 Å². The molecule has 1 unspecified atom stereocenters. The van der Waals surface area contributed by atoms with Gasteiger partial charge in [0, 0.05) is 53.0 Å². The van der Waals surface area contributed by atoms with E-state index in [1.807, 2.05) is 0 Å². The molecule has 9 heteroatoms. The minimum absolute atomic E-state index is 0. The third-order valence-electron chi connectivity index (χ3n) is 5.74. The summed E-state index contributed by atoms with van der Waals surface area (Å²) in [4.78, 5) is 20.9. The van der Waals surface area contributed by atoms with Crippen LogP contribution in [0.15, 0.2) is 29.3 Å². The molecule has 0 aliphatic carbocycles. The first kappa shape index (κ1) is 29.6. The maximum absolute atomic E-state index is 11.5. The maximum atomic E-state index is 11.5. The van der Waals surface area contributed by atoms with Gasteiger partial charge in [0.25, 0.3) is 0 Å². The van der Waals surface area contributed by atoms with E-state index >= 15 is 0 Å². The lowest BCUT2D eigenvalue weighted by Crippen LogP contribution is -2.41. The summed E-state index contributed by atoms with van der Waals surface area (Å²) in [5.41, 5.74) is 7.95. The zero-order valence-electron chi connectivity index (χ0n) is 20.5.